The van der Waals surface area contributed by atoms with Crippen LogP contribution < -0.4 is 5.32 Å². The molecular formula is C26H35ClN4O. The molecule has 1 aliphatic carbocycles. The van der Waals surface area contributed by atoms with E-state index in [1.807, 2.05) is 19.1 Å². The lowest BCUT2D eigenvalue weighted by molar-refractivity contribution is 0.0921. The van der Waals surface area contributed by atoms with Crippen LogP contribution in [0.25, 0.3) is 11.3 Å². The summed E-state index contributed by atoms with van der Waals surface area (Å²) in [5.41, 5.74) is 2.90. The van der Waals surface area contributed by atoms with Gasteiger partial charge in [0.05, 0.1) is 22.2 Å². The lowest BCUT2D eigenvalue weighted by Gasteiger charge is -2.33. The van der Waals surface area contributed by atoms with Crippen molar-refractivity contribution in [1.82, 2.24) is 15.1 Å². The van der Waals surface area contributed by atoms with Crippen molar-refractivity contribution in [3.63, 3.8) is 0 Å². The Balaban J connectivity index is 1.79. The number of aryl methyl sites for hydroxylation is 1. The maximum Gasteiger partial charge on any atom is 0.273 e. The molecule has 1 N–H and O–H groups in total. The predicted molar refractivity (Wildman–Crippen MR) is 130 cm³/mol. The summed E-state index contributed by atoms with van der Waals surface area (Å²) in [6, 6.07) is 10.8. The molecule has 0 radical (unpaired) electrons. The van der Waals surface area contributed by atoms with Crippen LogP contribution in [-0.2, 0) is 13.0 Å². The summed E-state index contributed by atoms with van der Waals surface area (Å²) >= 11 is 6.68. The van der Waals surface area contributed by atoms with Crippen LogP contribution in [0.4, 0.5) is 0 Å². The summed E-state index contributed by atoms with van der Waals surface area (Å²) in [6.45, 7) is 11.8. The SMILES string of the molecule is CCn1nc(C(=O)NCC2(C#N)CCC(C)CC2)c(Cl)c1-c1ccc(CC(C)(C)C)cc1. The van der Waals surface area contributed by atoms with Gasteiger partial charge in [-0.25, -0.2) is 0 Å². The van der Waals surface area contributed by atoms with Crippen molar-refractivity contribution in [2.75, 3.05) is 6.54 Å². The van der Waals surface area contributed by atoms with Crippen LogP contribution in [-0.4, -0.2) is 22.2 Å². The van der Waals surface area contributed by atoms with Crippen LogP contribution in [0.15, 0.2) is 24.3 Å². The third-order valence-corrected chi connectivity index (χ3v) is 6.78. The van der Waals surface area contributed by atoms with Crippen molar-refractivity contribution in [2.45, 2.75) is 73.3 Å². The molecule has 0 atom stereocenters. The third kappa shape index (κ3) is 5.53. The Morgan fingerprint density at radius 1 is 1.28 bits per heavy atom. The highest BCUT2D eigenvalue weighted by Crippen LogP contribution is 2.38. The van der Waals surface area contributed by atoms with Crippen molar-refractivity contribution in [1.29, 1.82) is 5.26 Å². The van der Waals surface area contributed by atoms with E-state index in [1.54, 1.807) is 4.68 Å². The molecule has 1 aliphatic rings. The summed E-state index contributed by atoms with van der Waals surface area (Å²) in [5.74, 6) is 0.320. The maximum atomic E-state index is 13.0. The summed E-state index contributed by atoms with van der Waals surface area (Å²) in [6.07, 6.45) is 4.65. The fourth-order valence-corrected chi connectivity index (χ4v) is 4.79. The molecule has 0 aliphatic heterocycles. The first-order chi connectivity index (χ1) is 15.1. The first-order valence-corrected chi connectivity index (χ1v) is 12.0. The number of hydrogen-bond acceptors (Lipinski definition) is 3. The van der Waals surface area contributed by atoms with Gasteiger partial charge in [0.2, 0.25) is 0 Å². The standard InChI is InChI=1S/C26H35ClN4O/c1-6-31-23(20-9-7-19(8-10-20)15-25(3,4)5)21(27)22(30-31)24(32)29-17-26(16-28)13-11-18(2)12-14-26/h7-10,18H,6,11-15,17H2,1-5H3,(H,29,32). The van der Waals surface area contributed by atoms with E-state index in [0.717, 1.165) is 43.4 Å². The molecule has 0 saturated heterocycles. The van der Waals surface area contributed by atoms with E-state index < -0.39 is 5.41 Å². The van der Waals surface area contributed by atoms with Crippen molar-refractivity contribution in [3.8, 4) is 17.3 Å². The molecule has 1 fully saturated rings. The van der Waals surface area contributed by atoms with Crippen molar-refractivity contribution >= 4 is 17.5 Å². The Kier molecular flexibility index (Phi) is 7.35. The number of hydrogen-bond donors (Lipinski definition) is 1. The Hall–Kier alpha value is -2.32. The summed E-state index contributed by atoms with van der Waals surface area (Å²) in [7, 11) is 0. The second-order valence-electron chi connectivity index (χ2n) is 10.5. The third-order valence-electron chi connectivity index (χ3n) is 6.43. The smallest absolute Gasteiger partial charge is 0.273 e. The van der Waals surface area contributed by atoms with E-state index >= 15 is 0 Å². The Labute approximate surface area is 197 Å². The monoisotopic (exact) mass is 454 g/mol. The molecule has 1 saturated carbocycles. The van der Waals surface area contributed by atoms with E-state index in [-0.39, 0.29) is 17.0 Å². The van der Waals surface area contributed by atoms with Gasteiger partial charge < -0.3 is 5.32 Å². The largest absolute Gasteiger partial charge is 0.349 e. The van der Waals surface area contributed by atoms with Crippen LogP contribution >= 0.6 is 11.6 Å². The molecule has 1 aromatic heterocycles. The number of halogens is 1. The van der Waals surface area contributed by atoms with Gasteiger partial charge in [-0.15, -0.1) is 0 Å². The highest BCUT2D eigenvalue weighted by atomic mass is 35.5. The molecule has 6 heteroatoms. The number of rotatable bonds is 6. The van der Waals surface area contributed by atoms with E-state index in [9.17, 15) is 10.1 Å². The molecular weight excluding hydrogens is 420 g/mol. The molecule has 172 valence electrons. The minimum absolute atomic E-state index is 0.215. The quantitative estimate of drug-likeness (QED) is 0.559. The van der Waals surface area contributed by atoms with E-state index in [1.165, 1.54) is 5.56 Å². The average molecular weight is 455 g/mol. The Bertz CT molecular complexity index is 987. The number of aromatic nitrogens is 2. The van der Waals surface area contributed by atoms with Crippen molar-refractivity contribution in [3.05, 3.63) is 40.5 Å². The second kappa shape index (κ2) is 9.67. The average Bonchev–Trinajstić information content (AvgIpc) is 3.09. The molecule has 1 heterocycles. The number of nitriles is 1. The molecule has 5 nitrogen and oxygen atoms in total. The fraction of sp³-hybridized carbons (Fsp3) is 0.577. The van der Waals surface area contributed by atoms with Crippen molar-refractivity contribution in [2.24, 2.45) is 16.7 Å². The van der Waals surface area contributed by atoms with Crippen LogP contribution in [0.5, 0.6) is 0 Å². The number of amides is 1. The van der Waals surface area contributed by atoms with Crippen LogP contribution in [0, 0.1) is 28.1 Å². The lowest BCUT2D eigenvalue weighted by atomic mass is 9.72. The van der Waals surface area contributed by atoms with Gasteiger partial charge in [0.25, 0.3) is 5.91 Å². The van der Waals surface area contributed by atoms with E-state index in [0.29, 0.717) is 24.0 Å². The van der Waals surface area contributed by atoms with E-state index in [4.69, 9.17) is 11.6 Å². The van der Waals surface area contributed by atoms with Gasteiger partial charge in [0.1, 0.15) is 0 Å². The lowest BCUT2D eigenvalue weighted by Crippen LogP contribution is -2.39. The predicted octanol–water partition coefficient (Wildman–Crippen LogP) is 6.26. The van der Waals surface area contributed by atoms with Gasteiger partial charge in [0, 0.05) is 18.7 Å². The van der Waals surface area contributed by atoms with Gasteiger partial charge in [0.15, 0.2) is 5.69 Å². The van der Waals surface area contributed by atoms with Gasteiger partial charge in [-0.3, -0.25) is 9.48 Å². The molecule has 1 amide bonds. The second-order valence-corrected chi connectivity index (χ2v) is 10.9. The molecule has 32 heavy (non-hydrogen) atoms. The Morgan fingerprint density at radius 2 is 1.91 bits per heavy atom. The Morgan fingerprint density at radius 3 is 2.44 bits per heavy atom. The van der Waals surface area contributed by atoms with Gasteiger partial charge >= 0.3 is 0 Å². The van der Waals surface area contributed by atoms with Gasteiger partial charge in [-0.05, 0) is 55.9 Å². The van der Waals surface area contributed by atoms with E-state index in [2.05, 4.69) is 56.3 Å². The minimum atomic E-state index is -0.492. The molecule has 0 spiro atoms. The zero-order valence-corrected chi connectivity index (χ0v) is 20.7. The minimum Gasteiger partial charge on any atom is -0.349 e. The summed E-state index contributed by atoms with van der Waals surface area (Å²) < 4.78 is 1.78. The maximum absolute atomic E-state index is 13.0. The molecule has 3 rings (SSSR count). The molecule has 1 aromatic carbocycles. The molecule has 0 unspecified atom stereocenters. The molecule has 2 aromatic rings. The summed E-state index contributed by atoms with van der Waals surface area (Å²) in [4.78, 5) is 13.0. The number of nitrogens with one attached hydrogen (secondary N) is 1. The highest BCUT2D eigenvalue weighted by Gasteiger charge is 2.35. The van der Waals surface area contributed by atoms with Crippen LogP contribution in [0.3, 0.4) is 0 Å². The zero-order chi connectivity index (χ0) is 23.5. The normalized spacial score (nSPS) is 21.2. The number of carbonyl (C=O) groups excluding carboxylic acids is 1. The van der Waals surface area contributed by atoms with Gasteiger partial charge in [-0.2, -0.15) is 10.4 Å². The topological polar surface area (TPSA) is 70.7 Å². The van der Waals surface area contributed by atoms with Crippen LogP contribution in [0.1, 0.15) is 76.4 Å². The number of nitrogens with zero attached hydrogens (tertiary/aromatic N) is 3. The fourth-order valence-electron chi connectivity index (χ4n) is 4.46. The zero-order valence-electron chi connectivity index (χ0n) is 20.0. The number of carbonyl (C=O) groups is 1. The number of benzene rings is 1. The van der Waals surface area contributed by atoms with Crippen LogP contribution in [0.2, 0.25) is 5.02 Å². The van der Waals surface area contributed by atoms with Gasteiger partial charge in [-0.1, -0.05) is 63.6 Å². The van der Waals surface area contributed by atoms with Crippen molar-refractivity contribution < 1.29 is 4.79 Å². The first kappa shape index (κ1) is 24.3. The summed E-state index contributed by atoms with van der Waals surface area (Å²) in [5, 5.41) is 17.6. The first-order valence-electron chi connectivity index (χ1n) is 11.6. The molecule has 0 bridgehead atoms. The highest BCUT2D eigenvalue weighted by molar-refractivity contribution is 6.36.